The Morgan fingerprint density at radius 3 is 2.52 bits per heavy atom. The van der Waals surface area contributed by atoms with Crippen LogP contribution in [0, 0.1) is 0 Å². The zero-order chi connectivity index (χ0) is 17.5. The number of benzene rings is 2. The molecule has 124 valence electrons. The number of hydrogen-bond donors (Lipinski definition) is 1. The highest BCUT2D eigenvalue weighted by molar-refractivity contribution is 5.97. The molecule has 25 heavy (non-hydrogen) atoms. The van der Waals surface area contributed by atoms with Gasteiger partial charge in [0, 0.05) is 11.8 Å². The van der Waals surface area contributed by atoms with Crippen molar-refractivity contribution in [2.24, 2.45) is 5.10 Å². The van der Waals surface area contributed by atoms with Gasteiger partial charge < -0.3 is 4.74 Å². The molecule has 2 aromatic carbocycles. The van der Waals surface area contributed by atoms with Crippen molar-refractivity contribution < 1.29 is 9.53 Å². The second kappa shape index (κ2) is 7.88. The fraction of sp³-hybridized carbons (Fsp3) is 0.0500. The summed E-state index contributed by atoms with van der Waals surface area (Å²) in [5, 5.41) is 4.00. The Hall–Kier alpha value is -3.47. The van der Waals surface area contributed by atoms with Crippen molar-refractivity contribution in [1.82, 2.24) is 10.4 Å². The average Bonchev–Trinajstić information content (AvgIpc) is 2.69. The van der Waals surface area contributed by atoms with Crippen molar-refractivity contribution >= 4 is 12.1 Å². The van der Waals surface area contributed by atoms with E-state index in [0.29, 0.717) is 11.3 Å². The van der Waals surface area contributed by atoms with Crippen LogP contribution in [-0.4, -0.2) is 24.2 Å². The monoisotopic (exact) mass is 331 g/mol. The molecule has 0 fully saturated rings. The van der Waals surface area contributed by atoms with E-state index in [1.54, 1.807) is 30.6 Å². The molecule has 5 nitrogen and oxygen atoms in total. The summed E-state index contributed by atoms with van der Waals surface area (Å²) in [6.07, 6.45) is 3.35. The molecule has 0 saturated heterocycles. The SMILES string of the molecule is COc1ccccc1C(=O)NN=Cc1ccc(-c2ccccn2)cc1. The number of carbonyl (C=O) groups is 1. The quantitative estimate of drug-likeness (QED) is 0.575. The van der Waals surface area contributed by atoms with Crippen molar-refractivity contribution in [3.63, 3.8) is 0 Å². The van der Waals surface area contributed by atoms with Gasteiger partial charge in [0.15, 0.2) is 0 Å². The van der Waals surface area contributed by atoms with Crippen LogP contribution in [-0.2, 0) is 0 Å². The molecule has 0 bridgehead atoms. The summed E-state index contributed by atoms with van der Waals surface area (Å²) in [6.45, 7) is 0. The summed E-state index contributed by atoms with van der Waals surface area (Å²) in [5.41, 5.74) is 5.76. The van der Waals surface area contributed by atoms with Crippen molar-refractivity contribution in [3.8, 4) is 17.0 Å². The van der Waals surface area contributed by atoms with E-state index in [1.165, 1.54) is 7.11 Å². The third kappa shape index (κ3) is 4.09. The topological polar surface area (TPSA) is 63.6 Å². The molecule has 0 aliphatic heterocycles. The first-order valence-corrected chi connectivity index (χ1v) is 7.76. The van der Waals surface area contributed by atoms with E-state index in [9.17, 15) is 4.79 Å². The summed E-state index contributed by atoms with van der Waals surface area (Å²) in [4.78, 5) is 16.5. The Bertz CT molecular complexity index is 875. The van der Waals surface area contributed by atoms with Crippen LogP contribution < -0.4 is 10.2 Å². The number of methoxy groups -OCH3 is 1. The highest BCUT2D eigenvalue weighted by Gasteiger charge is 2.09. The van der Waals surface area contributed by atoms with Gasteiger partial charge in [0.2, 0.25) is 0 Å². The predicted molar refractivity (Wildman–Crippen MR) is 97.7 cm³/mol. The van der Waals surface area contributed by atoms with E-state index in [-0.39, 0.29) is 5.91 Å². The van der Waals surface area contributed by atoms with Crippen LogP contribution >= 0.6 is 0 Å². The van der Waals surface area contributed by atoms with Gasteiger partial charge in [-0.3, -0.25) is 9.78 Å². The van der Waals surface area contributed by atoms with E-state index in [1.807, 2.05) is 48.5 Å². The van der Waals surface area contributed by atoms with Crippen LogP contribution in [0.1, 0.15) is 15.9 Å². The fourth-order valence-electron chi connectivity index (χ4n) is 2.33. The molecule has 3 rings (SSSR count). The van der Waals surface area contributed by atoms with Crippen LogP contribution in [0.5, 0.6) is 5.75 Å². The van der Waals surface area contributed by atoms with E-state index < -0.39 is 0 Å². The maximum atomic E-state index is 12.1. The second-order valence-corrected chi connectivity index (χ2v) is 5.24. The average molecular weight is 331 g/mol. The Kier molecular flexibility index (Phi) is 5.16. The number of pyridine rings is 1. The predicted octanol–water partition coefficient (Wildman–Crippen LogP) is 3.52. The zero-order valence-electron chi connectivity index (χ0n) is 13.7. The summed E-state index contributed by atoms with van der Waals surface area (Å²) in [5.74, 6) is 0.189. The standard InChI is InChI=1S/C20H17N3O2/c1-25-19-8-3-2-6-17(19)20(24)23-22-14-15-9-11-16(12-10-15)18-7-4-5-13-21-18/h2-14H,1H3,(H,23,24). The van der Waals surface area contributed by atoms with Crippen molar-refractivity contribution in [2.75, 3.05) is 7.11 Å². The van der Waals surface area contributed by atoms with Crippen molar-refractivity contribution in [3.05, 3.63) is 84.1 Å². The van der Waals surface area contributed by atoms with Crippen LogP contribution in [0.4, 0.5) is 0 Å². The van der Waals surface area contributed by atoms with Gasteiger partial charge in [0.25, 0.3) is 5.91 Å². The molecule has 1 amide bonds. The molecule has 0 aliphatic carbocycles. The van der Waals surface area contributed by atoms with E-state index in [2.05, 4.69) is 15.5 Å². The number of ether oxygens (including phenoxy) is 1. The number of hydrogen-bond acceptors (Lipinski definition) is 4. The van der Waals surface area contributed by atoms with Gasteiger partial charge in [-0.05, 0) is 29.8 Å². The van der Waals surface area contributed by atoms with Gasteiger partial charge in [0.05, 0.1) is 24.6 Å². The normalized spacial score (nSPS) is 10.6. The first-order valence-electron chi connectivity index (χ1n) is 7.76. The van der Waals surface area contributed by atoms with Gasteiger partial charge in [0.1, 0.15) is 5.75 Å². The minimum atomic E-state index is -0.321. The molecular weight excluding hydrogens is 314 g/mol. The van der Waals surface area contributed by atoms with E-state index in [4.69, 9.17) is 4.74 Å². The lowest BCUT2D eigenvalue weighted by atomic mass is 10.1. The third-order valence-electron chi connectivity index (χ3n) is 3.60. The minimum Gasteiger partial charge on any atom is -0.496 e. The number of amides is 1. The maximum Gasteiger partial charge on any atom is 0.275 e. The number of para-hydroxylation sites is 1. The molecule has 0 unspecified atom stereocenters. The van der Waals surface area contributed by atoms with E-state index >= 15 is 0 Å². The molecule has 1 heterocycles. The Labute approximate surface area is 146 Å². The van der Waals surface area contributed by atoms with Crippen LogP contribution in [0.2, 0.25) is 0 Å². The van der Waals surface area contributed by atoms with Crippen LogP contribution in [0.3, 0.4) is 0 Å². The summed E-state index contributed by atoms with van der Waals surface area (Å²) in [6, 6.07) is 20.6. The molecule has 0 radical (unpaired) electrons. The van der Waals surface area contributed by atoms with Crippen molar-refractivity contribution in [1.29, 1.82) is 0 Å². The fourth-order valence-corrected chi connectivity index (χ4v) is 2.33. The van der Waals surface area contributed by atoms with Crippen LogP contribution in [0.25, 0.3) is 11.3 Å². The van der Waals surface area contributed by atoms with Crippen LogP contribution in [0.15, 0.2) is 78.0 Å². The van der Waals surface area contributed by atoms with Gasteiger partial charge in [-0.1, -0.05) is 42.5 Å². The Morgan fingerprint density at radius 2 is 1.80 bits per heavy atom. The minimum absolute atomic E-state index is 0.321. The molecule has 5 heteroatoms. The van der Waals surface area contributed by atoms with Crippen molar-refractivity contribution in [2.45, 2.75) is 0 Å². The number of hydrazone groups is 1. The maximum absolute atomic E-state index is 12.1. The summed E-state index contributed by atoms with van der Waals surface area (Å²) >= 11 is 0. The second-order valence-electron chi connectivity index (χ2n) is 5.24. The number of rotatable bonds is 5. The first kappa shape index (κ1) is 16.4. The lowest BCUT2D eigenvalue weighted by Crippen LogP contribution is -2.18. The number of nitrogens with one attached hydrogen (secondary N) is 1. The van der Waals surface area contributed by atoms with Gasteiger partial charge in [-0.2, -0.15) is 5.10 Å². The molecule has 0 atom stereocenters. The first-order chi connectivity index (χ1) is 12.3. The Balaban J connectivity index is 1.65. The smallest absolute Gasteiger partial charge is 0.275 e. The highest BCUT2D eigenvalue weighted by atomic mass is 16.5. The summed E-state index contributed by atoms with van der Waals surface area (Å²) in [7, 11) is 1.53. The van der Waals surface area contributed by atoms with Gasteiger partial charge >= 0.3 is 0 Å². The molecule has 0 aliphatic rings. The molecule has 0 spiro atoms. The molecule has 1 N–H and O–H groups in total. The summed E-state index contributed by atoms with van der Waals surface area (Å²) < 4.78 is 5.17. The molecule has 0 saturated carbocycles. The third-order valence-corrected chi connectivity index (χ3v) is 3.60. The Morgan fingerprint density at radius 1 is 1.04 bits per heavy atom. The van der Waals surface area contributed by atoms with Gasteiger partial charge in [-0.15, -0.1) is 0 Å². The zero-order valence-corrected chi connectivity index (χ0v) is 13.7. The lowest BCUT2D eigenvalue weighted by molar-refractivity contribution is 0.0952. The molecular formula is C20H17N3O2. The number of aromatic nitrogens is 1. The number of carbonyl (C=O) groups excluding carboxylic acids is 1. The van der Waals surface area contributed by atoms with E-state index in [0.717, 1.165) is 16.8 Å². The lowest BCUT2D eigenvalue weighted by Gasteiger charge is -2.06. The number of nitrogens with zero attached hydrogens (tertiary/aromatic N) is 2. The van der Waals surface area contributed by atoms with Gasteiger partial charge in [-0.25, -0.2) is 5.43 Å². The largest absolute Gasteiger partial charge is 0.496 e. The molecule has 1 aromatic heterocycles. The molecule has 3 aromatic rings. The highest BCUT2D eigenvalue weighted by Crippen LogP contribution is 2.17.